The third-order valence-corrected chi connectivity index (χ3v) is 5.71. The molecule has 1 aliphatic heterocycles. The van der Waals surface area contributed by atoms with Gasteiger partial charge in [0, 0.05) is 19.0 Å². The number of amides is 2. The van der Waals surface area contributed by atoms with E-state index in [0.717, 1.165) is 24.0 Å². The fourth-order valence-corrected chi connectivity index (χ4v) is 4.30. The van der Waals surface area contributed by atoms with Crippen molar-refractivity contribution in [1.82, 2.24) is 10.2 Å². The van der Waals surface area contributed by atoms with Crippen LogP contribution in [0.2, 0.25) is 0 Å². The van der Waals surface area contributed by atoms with E-state index in [1.165, 1.54) is 12.1 Å². The van der Waals surface area contributed by atoms with Crippen LogP contribution in [0.1, 0.15) is 37.7 Å². The lowest BCUT2D eigenvalue weighted by molar-refractivity contribution is -0.145. The predicted octanol–water partition coefficient (Wildman–Crippen LogP) is 3.22. The van der Waals surface area contributed by atoms with Crippen LogP contribution in [0, 0.1) is 11.2 Å². The summed E-state index contributed by atoms with van der Waals surface area (Å²) in [6.45, 7) is 6.97. The fraction of sp³-hybridized carbons (Fsp3) is 0.500. The van der Waals surface area contributed by atoms with E-state index in [2.05, 4.69) is 11.9 Å². The quantitative estimate of drug-likeness (QED) is 0.646. The number of piperidine rings is 1. The van der Waals surface area contributed by atoms with Crippen molar-refractivity contribution in [3.05, 3.63) is 47.8 Å². The standard InChI is InChI=1S/C20H24ClFN2O2/c1-13-9-20(2,10-13)19(26)24-8-7-16(14-3-5-15(22)6-4-14)17(12-24)23-18(25)11-21/h3-6,16-17H,1,7-12H2,2H3,(H,23,25)/t16-,17+/m1/s1. The van der Waals surface area contributed by atoms with Crippen LogP contribution in [0.3, 0.4) is 0 Å². The smallest absolute Gasteiger partial charge is 0.235 e. The van der Waals surface area contributed by atoms with Gasteiger partial charge in [-0.1, -0.05) is 31.2 Å². The number of benzene rings is 1. The van der Waals surface area contributed by atoms with Gasteiger partial charge in [-0.2, -0.15) is 0 Å². The molecule has 2 fully saturated rings. The fourth-order valence-electron chi connectivity index (χ4n) is 4.22. The molecule has 1 saturated carbocycles. The summed E-state index contributed by atoms with van der Waals surface area (Å²) in [5, 5.41) is 2.94. The molecule has 2 aliphatic rings. The van der Waals surface area contributed by atoms with E-state index in [0.29, 0.717) is 19.5 Å². The molecule has 140 valence electrons. The summed E-state index contributed by atoms with van der Waals surface area (Å²) in [4.78, 5) is 26.6. The predicted molar refractivity (Wildman–Crippen MR) is 99.5 cm³/mol. The molecule has 2 atom stereocenters. The molecular formula is C20H24ClFN2O2. The summed E-state index contributed by atoms with van der Waals surface area (Å²) in [5.41, 5.74) is 1.69. The summed E-state index contributed by atoms with van der Waals surface area (Å²) < 4.78 is 13.2. The summed E-state index contributed by atoms with van der Waals surface area (Å²) >= 11 is 5.65. The summed E-state index contributed by atoms with van der Waals surface area (Å²) in [6, 6.07) is 6.10. The normalized spacial score (nSPS) is 24.7. The van der Waals surface area contributed by atoms with Gasteiger partial charge in [-0.05, 0) is 37.0 Å². The molecular weight excluding hydrogens is 355 g/mol. The molecule has 1 aromatic rings. The second-order valence-electron chi connectivity index (χ2n) is 7.67. The van der Waals surface area contributed by atoms with E-state index < -0.39 is 0 Å². The minimum atomic E-state index is -0.374. The number of rotatable bonds is 4. The minimum absolute atomic E-state index is 0.0241. The van der Waals surface area contributed by atoms with E-state index in [-0.39, 0.29) is 40.9 Å². The molecule has 0 aromatic heterocycles. The highest BCUT2D eigenvalue weighted by molar-refractivity contribution is 6.27. The van der Waals surface area contributed by atoms with Gasteiger partial charge in [0.15, 0.2) is 0 Å². The van der Waals surface area contributed by atoms with Crippen molar-refractivity contribution >= 4 is 23.4 Å². The van der Waals surface area contributed by atoms with Crippen molar-refractivity contribution in [2.45, 2.75) is 38.1 Å². The first-order valence-corrected chi connectivity index (χ1v) is 9.42. The number of hydrogen-bond donors (Lipinski definition) is 1. The van der Waals surface area contributed by atoms with Gasteiger partial charge in [-0.25, -0.2) is 4.39 Å². The molecule has 0 spiro atoms. The maximum Gasteiger partial charge on any atom is 0.235 e. The number of allylic oxidation sites excluding steroid dienone is 1. The highest BCUT2D eigenvalue weighted by Crippen LogP contribution is 2.46. The van der Waals surface area contributed by atoms with Gasteiger partial charge in [0.25, 0.3) is 0 Å². The van der Waals surface area contributed by atoms with E-state index in [9.17, 15) is 14.0 Å². The number of hydrogen-bond acceptors (Lipinski definition) is 2. The van der Waals surface area contributed by atoms with Crippen LogP contribution in [0.5, 0.6) is 0 Å². The summed E-state index contributed by atoms with van der Waals surface area (Å²) in [6.07, 6.45) is 2.16. The van der Waals surface area contributed by atoms with Crippen LogP contribution >= 0.6 is 11.6 Å². The maximum atomic E-state index is 13.2. The van der Waals surface area contributed by atoms with Gasteiger partial charge in [0.05, 0.1) is 11.5 Å². The molecule has 1 N–H and O–H groups in total. The molecule has 3 rings (SSSR count). The van der Waals surface area contributed by atoms with Crippen LogP contribution in [0.15, 0.2) is 36.4 Å². The van der Waals surface area contributed by atoms with Gasteiger partial charge >= 0.3 is 0 Å². The molecule has 0 unspecified atom stereocenters. The van der Waals surface area contributed by atoms with Gasteiger partial charge in [0.1, 0.15) is 11.7 Å². The zero-order chi connectivity index (χ0) is 18.9. The van der Waals surface area contributed by atoms with Crippen LogP contribution in [-0.4, -0.2) is 41.7 Å². The number of alkyl halides is 1. The van der Waals surface area contributed by atoms with Crippen LogP contribution < -0.4 is 5.32 Å². The van der Waals surface area contributed by atoms with Crippen molar-refractivity contribution in [2.75, 3.05) is 19.0 Å². The SMILES string of the molecule is C=C1CC(C)(C(=O)N2CC[C@H](c3ccc(F)cc3)[C@@H](NC(=O)CCl)C2)C1. The van der Waals surface area contributed by atoms with Crippen molar-refractivity contribution in [2.24, 2.45) is 5.41 Å². The van der Waals surface area contributed by atoms with E-state index in [1.54, 1.807) is 12.1 Å². The Morgan fingerprint density at radius 3 is 2.58 bits per heavy atom. The number of halogens is 2. The number of nitrogens with zero attached hydrogens (tertiary/aromatic N) is 1. The monoisotopic (exact) mass is 378 g/mol. The third-order valence-electron chi connectivity index (χ3n) is 5.46. The number of carbonyl (C=O) groups is 2. The lowest BCUT2D eigenvalue weighted by atomic mass is 9.66. The Morgan fingerprint density at radius 1 is 1.35 bits per heavy atom. The maximum absolute atomic E-state index is 13.2. The van der Waals surface area contributed by atoms with Gasteiger partial charge in [-0.15, -0.1) is 11.6 Å². The zero-order valence-corrected chi connectivity index (χ0v) is 15.7. The van der Waals surface area contributed by atoms with Gasteiger partial charge in [0.2, 0.25) is 11.8 Å². The minimum Gasteiger partial charge on any atom is -0.350 e. The highest BCUT2D eigenvalue weighted by Gasteiger charge is 2.46. The number of carbonyl (C=O) groups excluding carboxylic acids is 2. The molecule has 1 aliphatic carbocycles. The molecule has 1 aromatic carbocycles. The Kier molecular flexibility index (Phi) is 5.37. The Morgan fingerprint density at radius 2 is 2.00 bits per heavy atom. The van der Waals surface area contributed by atoms with Crippen LogP contribution in [0.4, 0.5) is 4.39 Å². The van der Waals surface area contributed by atoms with E-state index >= 15 is 0 Å². The lowest BCUT2D eigenvalue weighted by Gasteiger charge is -2.46. The van der Waals surface area contributed by atoms with Crippen LogP contribution in [0.25, 0.3) is 0 Å². The molecule has 6 heteroatoms. The third kappa shape index (κ3) is 3.78. The zero-order valence-electron chi connectivity index (χ0n) is 14.9. The summed E-state index contributed by atoms with van der Waals surface area (Å²) in [5.74, 6) is -0.538. The number of likely N-dealkylation sites (tertiary alicyclic amines) is 1. The Labute approximate surface area is 158 Å². The molecule has 2 amide bonds. The molecule has 0 bridgehead atoms. The Hall–Kier alpha value is -1.88. The second kappa shape index (κ2) is 7.39. The number of nitrogens with one attached hydrogen (secondary N) is 1. The largest absolute Gasteiger partial charge is 0.350 e. The Bertz CT molecular complexity index is 711. The summed E-state index contributed by atoms with van der Waals surface area (Å²) in [7, 11) is 0. The van der Waals surface area contributed by atoms with Crippen LogP contribution in [-0.2, 0) is 9.59 Å². The topological polar surface area (TPSA) is 49.4 Å². The average molecular weight is 379 g/mol. The molecule has 0 radical (unpaired) electrons. The average Bonchev–Trinajstić information content (AvgIpc) is 2.60. The van der Waals surface area contributed by atoms with E-state index in [4.69, 9.17) is 11.6 Å². The van der Waals surface area contributed by atoms with Gasteiger partial charge in [-0.3, -0.25) is 9.59 Å². The molecule has 1 heterocycles. The Balaban J connectivity index is 1.76. The highest BCUT2D eigenvalue weighted by atomic mass is 35.5. The lowest BCUT2D eigenvalue weighted by Crippen LogP contribution is -2.57. The van der Waals surface area contributed by atoms with Crippen molar-refractivity contribution in [3.8, 4) is 0 Å². The molecule has 1 saturated heterocycles. The van der Waals surface area contributed by atoms with E-state index in [1.807, 2.05) is 11.8 Å². The first-order chi connectivity index (χ1) is 12.3. The van der Waals surface area contributed by atoms with Crippen molar-refractivity contribution in [3.63, 3.8) is 0 Å². The first kappa shape index (κ1) is 18.9. The molecule has 26 heavy (non-hydrogen) atoms. The van der Waals surface area contributed by atoms with Crippen molar-refractivity contribution in [1.29, 1.82) is 0 Å². The molecule has 4 nitrogen and oxygen atoms in total. The second-order valence-corrected chi connectivity index (χ2v) is 7.94. The van der Waals surface area contributed by atoms with Gasteiger partial charge < -0.3 is 10.2 Å². The first-order valence-electron chi connectivity index (χ1n) is 8.89. The van der Waals surface area contributed by atoms with Crippen molar-refractivity contribution < 1.29 is 14.0 Å².